The predicted octanol–water partition coefficient (Wildman–Crippen LogP) is 3.82. The normalized spacial score (nSPS) is 27.2. The third kappa shape index (κ3) is 3.54. The van der Waals surface area contributed by atoms with E-state index in [4.69, 9.17) is 9.47 Å². The first-order chi connectivity index (χ1) is 11.5. The Morgan fingerprint density at radius 3 is 2.96 bits per heavy atom. The van der Waals surface area contributed by atoms with Crippen LogP contribution in [-0.4, -0.2) is 47.3 Å². The second kappa shape index (κ2) is 7.31. The zero-order chi connectivity index (χ0) is 17.2. The molecule has 0 bridgehead atoms. The summed E-state index contributed by atoms with van der Waals surface area (Å²) in [4.78, 5) is 6.45. The van der Waals surface area contributed by atoms with Crippen LogP contribution < -0.4 is 4.74 Å². The fourth-order valence-electron chi connectivity index (χ4n) is 3.98. The fraction of sp³-hybridized carbons (Fsp3) is 0.722. The molecule has 4 nitrogen and oxygen atoms in total. The van der Waals surface area contributed by atoms with E-state index in [0.29, 0.717) is 6.61 Å². The van der Waals surface area contributed by atoms with Crippen LogP contribution in [0.15, 0.2) is 18.3 Å². The van der Waals surface area contributed by atoms with Crippen molar-refractivity contribution in [2.24, 2.45) is 0 Å². The van der Waals surface area contributed by atoms with E-state index in [1.807, 2.05) is 0 Å². The Balaban J connectivity index is 1.63. The van der Waals surface area contributed by atoms with E-state index in [1.54, 1.807) is 0 Å². The van der Waals surface area contributed by atoms with Crippen LogP contribution in [0, 0.1) is 0 Å². The Morgan fingerprint density at radius 2 is 2.21 bits per heavy atom. The van der Waals surface area contributed by atoms with Gasteiger partial charge in [-0.05, 0) is 58.2 Å². The second-order valence-electron chi connectivity index (χ2n) is 7.08. The summed E-state index contributed by atoms with van der Waals surface area (Å²) in [6.07, 6.45) is 3.54. The van der Waals surface area contributed by atoms with Gasteiger partial charge < -0.3 is 9.47 Å². The lowest BCUT2D eigenvalue weighted by atomic mass is 9.95. The Bertz CT molecular complexity index is 556. The van der Waals surface area contributed by atoms with Crippen molar-refractivity contribution in [1.82, 2.24) is 9.88 Å². The van der Waals surface area contributed by atoms with Crippen molar-refractivity contribution in [3.63, 3.8) is 0 Å². The maximum atomic E-state index is 13.0. The molecule has 2 aliphatic rings. The Kier molecular flexibility index (Phi) is 5.35. The average molecular weight is 340 g/mol. The zero-order valence-electron chi connectivity index (χ0n) is 14.4. The number of pyridine rings is 1. The highest BCUT2D eigenvalue weighted by Gasteiger charge is 2.49. The summed E-state index contributed by atoms with van der Waals surface area (Å²) in [7, 11) is 0. The summed E-state index contributed by atoms with van der Waals surface area (Å²) >= 11 is 0. The van der Waals surface area contributed by atoms with E-state index in [0.717, 1.165) is 38.8 Å². The van der Waals surface area contributed by atoms with Gasteiger partial charge in [0.15, 0.2) is 0 Å². The molecule has 0 spiro atoms. The first-order valence-electron chi connectivity index (χ1n) is 8.76. The molecule has 0 radical (unpaired) electrons. The topological polar surface area (TPSA) is 34.6 Å². The molecule has 0 unspecified atom stereocenters. The lowest BCUT2D eigenvalue weighted by molar-refractivity contribution is -0.00926. The molecule has 0 aromatic carbocycles. The molecule has 2 atom stereocenters. The largest absolute Gasteiger partial charge is 0.476 e. The van der Waals surface area contributed by atoms with E-state index in [1.165, 1.54) is 18.3 Å². The minimum absolute atomic E-state index is 0.0580. The highest BCUT2D eigenvalue weighted by molar-refractivity contribution is 5.26. The molecule has 24 heavy (non-hydrogen) atoms. The molecule has 0 N–H and O–H groups in total. The minimum Gasteiger partial charge on any atom is -0.476 e. The summed E-state index contributed by atoms with van der Waals surface area (Å²) in [5, 5.41) is 0. The van der Waals surface area contributed by atoms with Crippen LogP contribution in [0.3, 0.4) is 0 Å². The van der Waals surface area contributed by atoms with Gasteiger partial charge in [0.25, 0.3) is 6.43 Å². The summed E-state index contributed by atoms with van der Waals surface area (Å²) in [6.45, 7) is 6.28. The Labute approximate surface area is 142 Å². The lowest BCUT2D eigenvalue weighted by Crippen LogP contribution is -2.47. The number of ether oxygens (including phenoxy) is 2. The van der Waals surface area contributed by atoms with E-state index < -0.39 is 6.43 Å². The molecule has 134 valence electrons. The summed E-state index contributed by atoms with van der Waals surface area (Å²) in [5.41, 5.74) is -0.0279. The fourth-order valence-corrected chi connectivity index (χ4v) is 3.98. The smallest absolute Gasteiger partial charge is 0.269 e. The van der Waals surface area contributed by atoms with Gasteiger partial charge in [-0.2, -0.15) is 0 Å². The summed E-state index contributed by atoms with van der Waals surface area (Å²) in [5.74, 6) is 0.0580. The molecule has 0 aliphatic carbocycles. The monoisotopic (exact) mass is 340 g/mol. The maximum Gasteiger partial charge on any atom is 0.269 e. The van der Waals surface area contributed by atoms with E-state index in [2.05, 4.69) is 23.7 Å². The highest BCUT2D eigenvalue weighted by Crippen LogP contribution is 2.43. The summed E-state index contributed by atoms with van der Waals surface area (Å²) < 4.78 is 37.7. The van der Waals surface area contributed by atoms with Gasteiger partial charge >= 0.3 is 0 Å². The third-order valence-corrected chi connectivity index (χ3v) is 5.17. The molecule has 2 fully saturated rings. The molecule has 0 amide bonds. The van der Waals surface area contributed by atoms with Crippen molar-refractivity contribution in [1.29, 1.82) is 0 Å². The van der Waals surface area contributed by atoms with Crippen molar-refractivity contribution in [3.8, 4) is 5.88 Å². The Morgan fingerprint density at radius 1 is 1.38 bits per heavy atom. The molecule has 2 aliphatic heterocycles. The maximum absolute atomic E-state index is 13.0. The minimum atomic E-state index is -2.57. The SMILES string of the molecule is CC(C)OC[C@@]12CCCN1[C@H](COc1ncccc1C(F)F)CC2. The quantitative estimate of drug-likeness (QED) is 0.756. The number of alkyl halides is 2. The van der Waals surface area contributed by atoms with Gasteiger partial charge in [-0.3, -0.25) is 4.90 Å². The van der Waals surface area contributed by atoms with Crippen LogP contribution in [0.5, 0.6) is 5.88 Å². The van der Waals surface area contributed by atoms with E-state index >= 15 is 0 Å². The molecule has 1 aromatic heterocycles. The van der Waals surface area contributed by atoms with Gasteiger partial charge in [0, 0.05) is 17.8 Å². The number of halogens is 2. The van der Waals surface area contributed by atoms with Crippen LogP contribution in [0.4, 0.5) is 8.78 Å². The molecule has 0 saturated carbocycles. The average Bonchev–Trinajstić information content (AvgIpc) is 3.10. The van der Waals surface area contributed by atoms with Crippen molar-refractivity contribution in [3.05, 3.63) is 23.9 Å². The number of fused-ring (bicyclic) bond motifs is 1. The molecule has 6 heteroatoms. The van der Waals surface area contributed by atoms with Crippen molar-refractivity contribution in [2.75, 3.05) is 19.8 Å². The van der Waals surface area contributed by atoms with Crippen LogP contribution in [0.1, 0.15) is 51.5 Å². The lowest BCUT2D eigenvalue weighted by Gasteiger charge is -2.35. The second-order valence-corrected chi connectivity index (χ2v) is 7.08. The summed E-state index contributed by atoms with van der Waals surface area (Å²) in [6, 6.07) is 3.13. The number of nitrogens with zero attached hydrogens (tertiary/aromatic N) is 2. The third-order valence-electron chi connectivity index (χ3n) is 5.17. The van der Waals surface area contributed by atoms with Crippen molar-refractivity contribution >= 4 is 0 Å². The number of rotatable bonds is 7. The van der Waals surface area contributed by atoms with Gasteiger partial charge in [0.05, 0.1) is 18.3 Å². The molecule has 3 heterocycles. The predicted molar refractivity (Wildman–Crippen MR) is 87.5 cm³/mol. The standard InChI is InChI=1S/C18H26F2N2O2/c1-13(2)24-12-18-7-4-10-22(18)14(6-8-18)11-23-17-15(16(19)20)5-3-9-21-17/h3,5,9,13-14,16H,4,6-8,10-12H2,1-2H3/t14-,18-/m0/s1. The van der Waals surface area contributed by atoms with Gasteiger partial charge in [-0.1, -0.05) is 0 Å². The van der Waals surface area contributed by atoms with E-state index in [9.17, 15) is 8.78 Å². The van der Waals surface area contributed by atoms with E-state index in [-0.39, 0.29) is 29.1 Å². The van der Waals surface area contributed by atoms with Gasteiger partial charge in [0.2, 0.25) is 5.88 Å². The molecule has 1 aromatic rings. The molecule has 3 rings (SSSR count). The van der Waals surface area contributed by atoms with Crippen LogP contribution in [0.25, 0.3) is 0 Å². The van der Waals surface area contributed by atoms with Crippen molar-refractivity contribution in [2.45, 2.75) is 63.6 Å². The zero-order valence-corrected chi connectivity index (χ0v) is 14.4. The number of aromatic nitrogens is 1. The number of hydrogen-bond acceptors (Lipinski definition) is 4. The first-order valence-corrected chi connectivity index (χ1v) is 8.76. The molecular formula is C18H26F2N2O2. The first kappa shape index (κ1) is 17.5. The van der Waals surface area contributed by atoms with Crippen molar-refractivity contribution < 1.29 is 18.3 Å². The Hall–Kier alpha value is -1.27. The van der Waals surface area contributed by atoms with Crippen LogP contribution in [0.2, 0.25) is 0 Å². The van der Waals surface area contributed by atoms with Crippen LogP contribution >= 0.6 is 0 Å². The molecule has 2 saturated heterocycles. The van der Waals surface area contributed by atoms with Crippen LogP contribution in [-0.2, 0) is 4.74 Å². The highest BCUT2D eigenvalue weighted by atomic mass is 19.3. The molecular weight excluding hydrogens is 314 g/mol. The number of hydrogen-bond donors (Lipinski definition) is 0. The van der Waals surface area contributed by atoms with Gasteiger partial charge in [-0.25, -0.2) is 13.8 Å². The van der Waals surface area contributed by atoms with Gasteiger partial charge in [0.1, 0.15) is 6.61 Å². The van der Waals surface area contributed by atoms with Gasteiger partial charge in [-0.15, -0.1) is 0 Å².